The van der Waals surface area contributed by atoms with E-state index in [0.717, 1.165) is 24.4 Å². The van der Waals surface area contributed by atoms with Gasteiger partial charge in [-0.2, -0.15) is 0 Å². The molecular weight excluding hydrogens is 226 g/mol. The van der Waals surface area contributed by atoms with Gasteiger partial charge in [-0.25, -0.2) is 0 Å². The number of likely N-dealkylation sites (N-methyl/N-ethyl adjacent to an activating group) is 1. The molecule has 0 aliphatic heterocycles. The van der Waals surface area contributed by atoms with Gasteiger partial charge in [-0.3, -0.25) is 4.79 Å². The van der Waals surface area contributed by atoms with E-state index in [1.807, 2.05) is 36.1 Å². The third-order valence-corrected chi connectivity index (χ3v) is 2.85. The Labute approximate surface area is 110 Å². The number of methoxy groups -OCH3 is 1. The van der Waals surface area contributed by atoms with Crippen LogP contribution >= 0.6 is 0 Å². The Morgan fingerprint density at radius 3 is 2.56 bits per heavy atom. The molecule has 0 saturated heterocycles. The van der Waals surface area contributed by atoms with Gasteiger partial charge >= 0.3 is 0 Å². The minimum Gasteiger partial charge on any atom is -0.496 e. The monoisotopic (exact) mass is 249 g/mol. The molecule has 0 radical (unpaired) electrons. The molecule has 0 saturated carbocycles. The van der Waals surface area contributed by atoms with Crippen molar-refractivity contribution in [3.63, 3.8) is 0 Å². The van der Waals surface area contributed by atoms with E-state index in [1.54, 1.807) is 7.11 Å². The molecule has 18 heavy (non-hydrogen) atoms. The van der Waals surface area contributed by atoms with Gasteiger partial charge in [-0.15, -0.1) is 0 Å². The van der Waals surface area contributed by atoms with Crippen LogP contribution in [0, 0.1) is 5.92 Å². The molecule has 1 aromatic carbocycles. The van der Waals surface area contributed by atoms with Crippen LogP contribution in [0.15, 0.2) is 24.3 Å². The number of hydrogen-bond acceptors (Lipinski definition) is 2. The van der Waals surface area contributed by atoms with Crippen LogP contribution in [0.25, 0.3) is 0 Å². The van der Waals surface area contributed by atoms with E-state index in [-0.39, 0.29) is 5.91 Å². The minimum atomic E-state index is 0.163. The van der Waals surface area contributed by atoms with Crippen LogP contribution in [0.4, 0.5) is 0 Å². The number of benzene rings is 1. The second-order valence-electron chi connectivity index (χ2n) is 4.81. The van der Waals surface area contributed by atoms with Crippen molar-refractivity contribution in [2.45, 2.75) is 27.2 Å². The van der Waals surface area contributed by atoms with Gasteiger partial charge in [0.05, 0.1) is 13.5 Å². The van der Waals surface area contributed by atoms with Crippen LogP contribution in [-0.4, -0.2) is 31.0 Å². The summed E-state index contributed by atoms with van der Waals surface area (Å²) >= 11 is 0. The van der Waals surface area contributed by atoms with Crippen LogP contribution in [0.1, 0.15) is 26.3 Å². The molecule has 0 N–H and O–H groups in total. The fourth-order valence-corrected chi connectivity index (χ4v) is 1.97. The Morgan fingerprint density at radius 2 is 2.00 bits per heavy atom. The van der Waals surface area contributed by atoms with E-state index in [9.17, 15) is 4.79 Å². The number of rotatable bonds is 6. The summed E-state index contributed by atoms with van der Waals surface area (Å²) in [5.41, 5.74) is 0.951. The molecule has 3 nitrogen and oxygen atoms in total. The minimum absolute atomic E-state index is 0.163. The van der Waals surface area contributed by atoms with E-state index in [2.05, 4.69) is 13.8 Å². The maximum Gasteiger partial charge on any atom is 0.227 e. The molecule has 0 heterocycles. The molecule has 100 valence electrons. The van der Waals surface area contributed by atoms with Gasteiger partial charge in [0.1, 0.15) is 5.75 Å². The van der Waals surface area contributed by atoms with Crippen LogP contribution in [0.3, 0.4) is 0 Å². The lowest BCUT2D eigenvalue weighted by Gasteiger charge is -2.23. The van der Waals surface area contributed by atoms with E-state index >= 15 is 0 Å². The van der Waals surface area contributed by atoms with Gasteiger partial charge in [-0.05, 0) is 18.9 Å². The summed E-state index contributed by atoms with van der Waals surface area (Å²) in [5.74, 6) is 1.44. The van der Waals surface area contributed by atoms with Crippen molar-refractivity contribution in [1.29, 1.82) is 0 Å². The maximum atomic E-state index is 12.2. The number of nitrogens with zero attached hydrogens (tertiary/aromatic N) is 1. The zero-order valence-corrected chi connectivity index (χ0v) is 11.8. The van der Waals surface area contributed by atoms with Crippen LogP contribution in [0.2, 0.25) is 0 Å². The smallest absolute Gasteiger partial charge is 0.227 e. The predicted octanol–water partition coefficient (Wildman–Crippen LogP) is 2.74. The van der Waals surface area contributed by atoms with Gasteiger partial charge in [0.25, 0.3) is 0 Å². The normalized spacial score (nSPS) is 10.5. The highest BCUT2D eigenvalue weighted by molar-refractivity contribution is 5.79. The Kier molecular flexibility index (Phi) is 5.69. The van der Waals surface area contributed by atoms with Crippen molar-refractivity contribution >= 4 is 5.91 Å². The van der Waals surface area contributed by atoms with Gasteiger partial charge < -0.3 is 9.64 Å². The van der Waals surface area contributed by atoms with Gasteiger partial charge in [0.2, 0.25) is 5.91 Å². The summed E-state index contributed by atoms with van der Waals surface area (Å²) in [5, 5.41) is 0. The Bertz CT molecular complexity index is 388. The number of hydrogen-bond donors (Lipinski definition) is 0. The van der Waals surface area contributed by atoms with Gasteiger partial charge in [0, 0.05) is 18.7 Å². The fraction of sp³-hybridized carbons (Fsp3) is 0.533. The second kappa shape index (κ2) is 7.04. The lowest BCUT2D eigenvalue weighted by atomic mass is 10.1. The first-order valence-electron chi connectivity index (χ1n) is 6.48. The van der Waals surface area contributed by atoms with Crippen molar-refractivity contribution in [2.75, 3.05) is 20.2 Å². The number of ether oxygens (including phenoxy) is 1. The Hall–Kier alpha value is -1.51. The largest absolute Gasteiger partial charge is 0.496 e. The first-order chi connectivity index (χ1) is 8.58. The third kappa shape index (κ3) is 4.06. The zero-order valence-electron chi connectivity index (χ0n) is 11.8. The van der Waals surface area contributed by atoms with E-state index in [1.165, 1.54) is 0 Å². The zero-order chi connectivity index (χ0) is 13.5. The van der Waals surface area contributed by atoms with E-state index < -0.39 is 0 Å². The second-order valence-corrected chi connectivity index (χ2v) is 4.81. The Morgan fingerprint density at radius 1 is 1.33 bits per heavy atom. The fourth-order valence-electron chi connectivity index (χ4n) is 1.97. The summed E-state index contributed by atoms with van der Waals surface area (Å²) in [6.07, 6.45) is 0.407. The van der Waals surface area contributed by atoms with Crippen molar-refractivity contribution in [2.24, 2.45) is 5.92 Å². The molecule has 0 bridgehead atoms. The summed E-state index contributed by atoms with van der Waals surface area (Å²) < 4.78 is 5.27. The Balaban J connectivity index is 2.73. The SMILES string of the molecule is CCN(CC(C)C)C(=O)Cc1ccccc1OC. The van der Waals surface area contributed by atoms with Crippen LogP contribution < -0.4 is 4.74 Å². The van der Waals surface area contributed by atoms with Crippen LogP contribution in [0.5, 0.6) is 5.75 Å². The van der Waals surface area contributed by atoms with E-state index in [4.69, 9.17) is 4.74 Å². The molecule has 0 aliphatic rings. The van der Waals surface area contributed by atoms with Crippen LogP contribution in [-0.2, 0) is 11.2 Å². The molecule has 0 unspecified atom stereocenters. The highest BCUT2D eigenvalue weighted by Gasteiger charge is 2.15. The number of para-hydroxylation sites is 1. The lowest BCUT2D eigenvalue weighted by Crippen LogP contribution is -2.35. The highest BCUT2D eigenvalue weighted by Crippen LogP contribution is 2.18. The summed E-state index contributed by atoms with van der Waals surface area (Å²) in [6, 6.07) is 7.68. The summed E-state index contributed by atoms with van der Waals surface area (Å²) in [7, 11) is 1.63. The summed E-state index contributed by atoms with van der Waals surface area (Å²) in [4.78, 5) is 14.1. The molecule has 0 aliphatic carbocycles. The lowest BCUT2D eigenvalue weighted by molar-refractivity contribution is -0.130. The van der Waals surface area contributed by atoms with E-state index in [0.29, 0.717) is 12.3 Å². The van der Waals surface area contributed by atoms with Gasteiger partial charge in [0.15, 0.2) is 0 Å². The molecule has 0 spiro atoms. The first kappa shape index (κ1) is 14.6. The molecule has 1 aromatic rings. The molecule has 1 amide bonds. The molecule has 0 fully saturated rings. The molecule has 0 aromatic heterocycles. The van der Waals surface area contributed by atoms with Crippen molar-refractivity contribution in [3.05, 3.63) is 29.8 Å². The number of amides is 1. The number of carbonyl (C=O) groups excluding carboxylic acids is 1. The first-order valence-corrected chi connectivity index (χ1v) is 6.48. The molecule has 3 heteroatoms. The van der Waals surface area contributed by atoms with Gasteiger partial charge in [-0.1, -0.05) is 32.0 Å². The predicted molar refractivity (Wildman–Crippen MR) is 73.8 cm³/mol. The average Bonchev–Trinajstić information content (AvgIpc) is 2.36. The molecule has 1 rings (SSSR count). The highest BCUT2D eigenvalue weighted by atomic mass is 16.5. The standard InChI is InChI=1S/C15H23NO2/c1-5-16(11-12(2)3)15(17)10-13-8-6-7-9-14(13)18-4/h6-9,12H,5,10-11H2,1-4H3. The molecule has 0 atom stereocenters. The maximum absolute atomic E-state index is 12.2. The topological polar surface area (TPSA) is 29.5 Å². The average molecular weight is 249 g/mol. The molecular formula is C15H23NO2. The third-order valence-electron chi connectivity index (χ3n) is 2.85. The van der Waals surface area contributed by atoms with Crippen molar-refractivity contribution in [1.82, 2.24) is 4.90 Å². The van der Waals surface area contributed by atoms with Crippen molar-refractivity contribution < 1.29 is 9.53 Å². The quantitative estimate of drug-likeness (QED) is 0.776. The summed E-state index contributed by atoms with van der Waals surface area (Å²) in [6.45, 7) is 7.83. The number of carbonyl (C=O) groups is 1. The van der Waals surface area contributed by atoms with Crippen molar-refractivity contribution in [3.8, 4) is 5.75 Å².